The number of hydrogen-bond acceptors (Lipinski definition) is 2. The monoisotopic (exact) mass is 241 g/mol. The van der Waals surface area contributed by atoms with Crippen molar-refractivity contribution in [3.63, 3.8) is 0 Å². The van der Waals surface area contributed by atoms with E-state index < -0.39 is 0 Å². The molecule has 0 aliphatic heterocycles. The second-order valence-corrected chi connectivity index (χ2v) is 4.71. The van der Waals surface area contributed by atoms with Crippen LogP contribution in [0.15, 0.2) is 54.6 Å². The summed E-state index contributed by atoms with van der Waals surface area (Å²) in [5.74, 6) is 2.36. The van der Waals surface area contributed by atoms with Gasteiger partial charge in [0.05, 0.1) is 0 Å². The minimum atomic E-state index is 0.644. The van der Waals surface area contributed by atoms with Crippen LogP contribution in [-0.2, 0) is 0 Å². The van der Waals surface area contributed by atoms with Crippen LogP contribution in [0.1, 0.15) is 13.8 Å². The van der Waals surface area contributed by atoms with Gasteiger partial charge in [0.25, 0.3) is 0 Å². The van der Waals surface area contributed by atoms with E-state index >= 15 is 0 Å². The van der Waals surface area contributed by atoms with Gasteiger partial charge in [0.15, 0.2) is 0 Å². The Labute approximate surface area is 109 Å². The molecule has 1 N–H and O–H groups in total. The van der Waals surface area contributed by atoms with Gasteiger partial charge in [0, 0.05) is 12.2 Å². The lowest BCUT2D eigenvalue weighted by Gasteiger charge is -2.10. The van der Waals surface area contributed by atoms with Crippen LogP contribution in [0.2, 0.25) is 0 Å². The summed E-state index contributed by atoms with van der Waals surface area (Å²) in [5.41, 5.74) is 1.13. The highest BCUT2D eigenvalue weighted by molar-refractivity contribution is 5.47. The van der Waals surface area contributed by atoms with E-state index in [0.29, 0.717) is 5.92 Å². The minimum absolute atomic E-state index is 0.644. The summed E-state index contributed by atoms with van der Waals surface area (Å²) in [7, 11) is 0. The molecule has 2 aromatic rings. The molecule has 0 saturated heterocycles. The van der Waals surface area contributed by atoms with Crippen molar-refractivity contribution in [2.45, 2.75) is 13.8 Å². The van der Waals surface area contributed by atoms with Crippen LogP contribution in [0, 0.1) is 5.92 Å². The van der Waals surface area contributed by atoms with Gasteiger partial charge in [-0.25, -0.2) is 0 Å². The Morgan fingerprint density at radius 2 is 1.50 bits per heavy atom. The summed E-state index contributed by atoms with van der Waals surface area (Å²) in [4.78, 5) is 0. The highest BCUT2D eigenvalue weighted by Crippen LogP contribution is 2.22. The molecule has 2 heteroatoms. The van der Waals surface area contributed by atoms with Crippen molar-refractivity contribution < 1.29 is 4.74 Å². The first-order valence-electron chi connectivity index (χ1n) is 6.31. The van der Waals surface area contributed by atoms with Crippen molar-refractivity contribution in [2.24, 2.45) is 5.92 Å². The topological polar surface area (TPSA) is 21.3 Å². The first kappa shape index (κ1) is 12.5. The van der Waals surface area contributed by atoms with Crippen LogP contribution in [0.5, 0.6) is 11.5 Å². The second kappa shape index (κ2) is 6.10. The Kier molecular flexibility index (Phi) is 4.24. The standard InChI is InChI=1S/C16H19NO/c1-13(2)12-17-14-8-10-16(11-9-14)18-15-6-4-3-5-7-15/h3-11,13,17H,12H2,1-2H3. The lowest BCUT2D eigenvalue weighted by atomic mass is 10.2. The molecule has 0 bridgehead atoms. The maximum atomic E-state index is 5.73. The Morgan fingerprint density at radius 3 is 2.11 bits per heavy atom. The molecule has 2 rings (SSSR count). The summed E-state index contributed by atoms with van der Waals surface area (Å²) < 4.78 is 5.73. The minimum Gasteiger partial charge on any atom is -0.457 e. The summed E-state index contributed by atoms with van der Waals surface area (Å²) in [6.45, 7) is 5.37. The fourth-order valence-electron chi connectivity index (χ4n) is 1.59. The van der Waals surface area contributed by atoms with Crippen molar-refractivity contribution in [1.29, 1.82) is 0 Å². The molecule has 94 valence electrons. The maximum Gasteiger partial charge on any atom is 0.127 e. The van der Waals surface area contributed by atoms with E-state index in [1.807, 2.05) is 54.6 Å². The van der Waals surface area contributed by atoms with Gasteiger partial charge in [-0.1, -0.05) is 32.0 Å². The normalized spacial score (nSPS) is 10.4. The van der Waals surface area contributed by atoms with Crippen LogP contribution in [0.25, 0.3) is 0 Å². The number of rotatable bonds is 5. The summed E-state index contributed by atoms with van der Waals surface area (Å²) in [6, 6.07) is 17.9. The number of ether oxygens (including phenoxy) is 1. The number of anilines is 1. The molecule has 0 saturated carbocycles. The van der Waals surface area contributed by atoms with Gasteiger partial charge >= 0.3 is 0 Å². The molecule has 0 spiro atoms. The molecule has 0 aromatic heterocycles. The smallest absolute Gasteiger partial charge is 0.127 e. The first-order chi connectivity index (χ1) is 8.74. The van der Waals surface area contributed by atoms with Crippen molar-refractivity contribution in [3.8, 4) is 11.5 Å². The van der Waals surface area contributed by atoms with Gasteiger partial charge in [-0.15, -0.1) is 0 Å². The summed E-state index contributed by atoms with van der Waals surface area (Å²) >= 11 is 0. The number of para-hydroxylation sites is 1. The molecule has 0 fully saturated rings. The highest BCUT2D eigenvalue weighted by atomic mass is 16.5. The average Bonchev–Trinajstić information content (AvgIpc) is 2.39. The van der Waals surface area contributed by atoms with Gasteiger partial charge in [-0.2, -0.15) is 0 Å². The zero-order valence-electron chi connectivity index (χ0n) is 10.9. The molecule has 18 heavy (non-hydrogen) atoms. The largest absolute Gasteiger partial charge is 0.457 e. The van der Waals surface area contributed by atoms with E-state index in [0.717, 1.165) is 23.7 Å². The van der Waals surface area contributed by atoms with Gasteiger partial charge in [0.1, 0.15) is 11.5 Å². The van der Waals surface area contributed by atoms with E-state index in [1.54, 1.807) is 0 Å². The lowest BCUT2D eigenvalue weighted by Crippen LogP contribution is -2.07. The quantitative estimate of drug-likeness (QED) is 0.829. The van der Waals surface area contributed by atoms with E-state index in [4.69, 9.17) is 4.74 Å². The molecule has 0 atom stereocenters. The molecule has 0 unspecified atom stereocenters. The van der Waals surface area contributed by atoms with Gasteiger partial charge in [-0.3, -0.25) is 0 Å². The van der Waals surface area contributed by atoms with Crippen LogP contribution in [-0.4, -0.2) is 6.54 Å². The Bertz CT molecular complexity index is 462. The van der Waals surface area contributed by atoms with Crippen LogP contribution in [0.3, 0.4) is 0 Å². The Balaban J connectivity index is 1.95. The summed E-state index contributed by atoms with van der Waals surface area (Å²) in [5, 5.41) is 3.38. The third-order valence-corrected chi connectivity index (χ3v) is 2.55. The maximum absolute atomic E-state index is 5.73. The Hall–Kier alpha value is -1.96. The fraction of sp³-hybridized carbons (Fsp3) is 0.250. The van der Waals surface area contributed by atoms with E-state index in [1.165, 1.54) is 0 Å². The van der Waals surface area contributed by atoms with Crippen LogP contribution >= 0.6 is 0 Å². The third-order valence-electron chi connectivity index (χ3n) is 2.55. The van der Waals surface area contributed by atoms with E-state index in [-0.39, 0.29) is 0 Å². The zero-order chi connectivity index (χ0) is 12.8. The molecular formula is C16H19NO. The van der Waals surface area contributed by atoms with Crippen molar-refractivity contribution in [2.75, 3.05) is 11.9 Å². The number of hydrogen-bond donors (Lipinski definition) is 1. The Morgan fingerprint density at radius 1 is 0.889 bits per heavy atom. The molecule has 0 radical (unpaired) electrons. The van der Waals surface area contributed by atoms with Crippen LogP contribution < -0.4 is 10.1 Å². The molecular weight excluding hydrogens is 222 g/mol. The first-order valence-corrected chi connectivity index (χ1v) is 6.31. The molecule has 0 aliphatic carbocycles. The van der Waals surface area contributed by atoms with E-state index in [9.17, 15) is 0 Å². The molecule has 0 aliphatic rings. The predicted octanol–water partition coefficient (Wildman–Crippen LogP) is 4.55. The fourth-order valence-corrected chi connectivity index (χ4v) is 1.59. The predicted molar refractivity (Wildman–Crippen MR) is 76.3 cm³/mol. The lowest BCUT2D eigenvalue weighted by molar-refractivity contribution is 0.483. The second-order valence-electron chi connectivity index (χ2n) is 4.71. The number of benzene rings is 2. The molecule has 2 aromatic carbocycles. The van der Waals surface area contributed by atoms with E-state index in [2.05, 4.69) is 19.2 Å². The van der Waals surface area contributed by atoms with Crippen molar-refractivity contribution in [3.05, 3.63) is 54.6 Å². The molecule has 2 nitrogen and oxygen atoms in total. The van der Waals surface area contributed by atoms with Crippen LogP contribution in [0.4, 0.5) is 5.69 Å². The van der Waals surface area contributed by atoms with Crippen molar-refractivity contribution in [1.82, 2.24) is 0 Å². The van der Waals surface area contributed by atoms with Gasteiger partial charge in [-0.05, 0) is 42.3 Å². The summed E-state index contributed by atoms with van der Waals surface area (Å²) in [6.07, 6.45) is 0. The SMILES string of the molecule is CC(C)CNc1ccc(Oc2ccccc2)cc1. The zero-order valence-corrected chi connectivity index (χ0v) is 10.9. The van der Waals surface area contributed by atoms with Gasteiger partial charge in [0.2, 0.25) is 0 Å². The third kappa shape index (κ3) is 3.81. The van der Waals surface area contributed by atoms with Gasteiger partial charge < -0.3 is 10.1 Å². The average molecular weight is 241 g/mol. The molecule has 0 amide bonds. The number of nitrogens with one attached hydrogen (secondary N) is 1. The van der Waals surface area contributed by atoms with Crippen molar-refractivity contribution >= 4 is 5.69 Å². The highest BCUT2D eigenvalue weighted by Gasteiger charge is 1.98. The molecule has 0 heterocycles.